The van der Waals surface area contributed by atoms with Gasteiger partial charge in [0.25, 0.3) is 0 Å². The monoisotopic (exact) mass is 247 g/mol. The molecule has 0 amide bonds. The average Bonchev–Trinajstić information content (AvgIpc) is 2.55. The van der Waals surface area contributed by atoms with Gasteiger partial charge in [-0.05, 0) is 19.8 Å². The fraction of sp³-hybridized carbons (Fsp3) is 0.556. The number of thiazole rings is 1. The number of carboxylic acid groups (broad SMARTS) is 1. The molecule has 2 N–H and O–H groups in total. The third-order valence-corrected chi connectivity index (χ3v) is 4.12. The molecule has 0 atom stereocenters. The first-order valence-corrected chi connectivity index (χ1v) is 6.39. The van der Waals surface area contributed by atoms with Gasteiger partial charge in [0, 0.05) is 12.4 Å². The number of aliphatic hydroxyl groups excluding tert-OH is 1. The molecule has 0 unspecified atom stereocenters. The standard InChI is InChI=1S/C9H13NO3S2/c1-6-7(8(12)13)15-9(10-6)14-5-3-2-4-11/h11H,2-5H2,1H3,(H,12,13). The van der Waals surface area contributed by atoms with Crippen molar-refractivity contribution < 1.29 is 15.0 Å². The number of aromatic nitrogens is 1. The molecule has 0 spiro atoms. The van der Waals surface area contributed by atoms with Crippen LogP contribution in [-0.2, 0) is 0 Å². The molecule has 0 saturated heterocycles. The van der Waals surface area contributed by atoms with E-state index in [1.54, 1.807) is 18.7 Å². The quantitative estimate of drug-likeness (QED) is 0.594. The lowest BCUT2D eigenvalue weighted by Crippen LogP contribution is -1.94. The first-order chi connectivity index (χ1) is 7.15. The highest BCUT2D eigenvalue weighted by molar-refractivity contribution is 8.01. The van der Waals surface area contributed by atoms with Crippen molar-refractivity contribution in [2.24, 2.45) is 0 Å². The van der Waals surface area contributed by atoms with Crippen LogP contribution in [0.3, 0.4) is 0 Å². The molecular weight excluding hydrogens is 234 g/mol. The molecule has 84 valence electrons. The number of aliphatic hydroxyl groups is 1. The SMILES string of the molecule is Cc1nc(SCCCCO)sc1C(=O)O. The molecule has 1 aromatic rings. The van der Waals surface area contributed by atoms with Gasteiger partial charge in [-0.25, -0.2) is 9.78 Å². The molecule has 0 fully saturated rings. The molecule has 0 aliphatic heterocycles. The van der Waals surface area contributed by atoms with E-state index in [0.717, 1.165) is 22.9 Å². The summed E-state index contributed by atoms with van der Waals surface area (Å²) in [5.41, 5.74) is 0.581. The highest BCUT2D eigenvalue weighted by Crippen LogP contribution is 2.27. The van der Waals surface area contributed by atoms with Gasteiger partial charge in [-0.15, -0.1) is 11.3 Å². The van der Waals surface area contributed by atoms with Crippen LogP contribution in [0.25, 0.3) is 0 Å². The lowest BCUT2D eigenvalue weighted by atomic mass is 10.4. The number of rotatable bonds is 6. The highest BCUT2D eigenvalue weighted by Gasteiger charge is 2.13. The van der Waals surface area contributed by atoms with Crippen LogP contribution >= 0.6 is 23.1 Å². The van der Waals surface area contributed by atoms with Crippen molar-refractivity contribution in [2.45, 2.75) is 24.1 Å². The molecule has 0 aliphatic rings. The van der Waals surface area contributed by atoms with Crippen molar-refractivity contribution in [2.75, 3.05) is 12.4 Å². The normalized spacial score (nSPS) is 10.5. The number of thioether (sulfide) groups is 1. The van der Waals surface area contributed by atoms with Gasteiger partial charge in [0.2, 0.25) is 0 Å². The highest BCUT2D eigenvalue weighted by atomic mass is 32.2. The van der Waals surface area contributed by atoms with Crippen LogP contribution in [0.1, 0.15) is 28.2 Å². The molecule has 0 radical (unpaired) electrons. The number of carboxylic acids is 1. The first-order valence-electron chi connectivity index (χ1n) is 4.59. The van der Waals surface area contributed by atoms with E-state index in [9.17, 15) is 4.79 Å². The zero-order valence-corrected chi connectivity index (χ0v) is 10.0. The minimum atomic E-state index is -0.910. The van der Waals surface area contributed by atoms with Gasteiger partial charge in [0.1, 0.15) is 4.88 Å². The fourth-order valence-corrected chi connectivity index (χ4v) is 3.10. The number of aryl methyl sites for hydroxylation is 1. The smallest absolute Gasteiger partial charge is 0.347 e. The van der Waals surface area contributed by atoms with Gasteiger partial charge in [0.05, 0.1) is 5.69 Å². The molecule has 4 nitrogen and oxygen atoms in total. The summed E-state index contributed by atoms with van der Waals surface area (Å²) in [4.78, 5) is 15.2. The molecule has 15 heavy (non-hydrogen) atoms. The summed E-state index contributed by atoms with van der Waals surface area (Å²) in [7, 11) is 0. The van der Waals surface area contributed by atoms with Crippen LogP contribution in [0.15, 0.2) is 4.34 Å². The third-order valence-electron chi connectivity index (χ3n) is 1.75. The van der Waals surface area contributed by atoms with E-state index < -0.39 is 5.97 Å². The van der Waals surface area contributed by atoms with E-state index >= 15 is 0 Å². The van der Waals surface area contributed by atoms with E-state index in [1.807, 2.05) is 0 Å². The van der Waals surface area contributed by atoms with Crippen LogP contribution < -0.4 is 0 Å². The van der Waals surface area contributed by atoms with Crippen molar-refractivity contribution in [1.29, 1.82) is 0 Å². The molecular formula is C9H13NO3S2. The van der Waals surface area contributed by atoms with Gasteiger partial charge in [-0.2, -0.15) is 0 Å². The molecule has 0 bridgehead atoms. The number of hydrogen-bond donors (Lipinski definition) is 2. The van der Waals surface area contributed by atoms with Gasteiger partial charge in [-0.1, -0.05) is 11.8 Å². The second kappa shape index (κ2) is 6.09. The predicted octanol–water partition coefficient (Wildman–Crippen LogP) is 2.01. The van der Waals surface area contributed by atoms with Crippen molar-refractivity contribution in [3.05, 3.63) is 10.6 Å². The number of nitrogens with zero attached hydrogens (tertiary/aromatic N) is 1. The molecule has 1 rings (SSSR count). The van der Waals surface area contributed by atoms with Gasteiger partial charge < -0.3 is 10.2 Å². The number of hydrogen-bond acceptors (Lipinski definition) is 5. The Kier molecular flexibility index (Phi) is 5.07. The van der Waals surface area contributed by atoms with E-state index in [2.05, 4.69) is 4.98 Å². The molecule has 1 aromatic heterocycles. The van der Waals surface area contributed by atoms with Crippen LogP contribution in [0.5, 0.6) is 0 Å². The summed E-state index contributed by atoms with van der Waals surface area (Å²) in [5, 5.41) is 17.4. The van der Waals surface area contributed by atoms with E-state index in [1.165, 1.54) is 11.3 Å². The van der Waals surface area contributed by atoms with Crippen LogP contribution in [-0.4, -0.2) is 33.5 Å². The minimum Gasteiger partial charge on any atom is -0.477 e. The molecule has 0 aromatic carbocycles. The van der Waals surface area contributed by atoms with Crippen molar-refractivity contribution >= 4 is 29.1 Å². The summed E-state index contributed by atoms with van der Waals surface area (Å²) in [6.07, 6.45) is 1.70. The Morgan fingerprint density at radius 1 is 1.53 bits per heavy atom. The lowest BCUT2D eigenvalue weighted by Gasteiger charge is -1.94. The second-order valence-corrected chi connectivity index (χ2v) is 5.32. The van der Waals surface area contributed by atoms with Gasteiger partial charge in [0.15, 0.2) is 4.34 Å². The Hall–Kier alpha value is -0.590. The maximum Gasteiger partial charge on any atom is 0.347 e. The van der Waals surface area contributed by atoms with Gasteiger partial charge in [-0.3, -0.25) is 0 Å². The van der Waals surface area contributed by atoms with Gasteiger partial charge >= 0.3 is 5.97 Å². The lowest BCUT2D eigenvalue weighted by molar-refractivity contribution is 0.0701. The van der Waals surface area contributed by atoms with Crippen LogP contribution in [0.2, 0.25) is 0 Å². The largest absolute Gasteiger partial charge is 0.477 e. The third kappa shape index (κ3) is 3.81. The number of unbranched alkanes of at least 4 members (excludes halogenated alkanes) is 1. The summed E-state index contributed by atoms with van der Waals surface area (Å²) >= 11 is 2.76. The van der Waals surface area contributed by atoms with Crippen molar-refractivity contribution in [3.63, 3.8) is 0 Å². The van der Waals surface area contributed by atoms with Crippen LogP contribution in [0.4, 0.5) is 0 Å². The zero-order valence-electron chi connectivity index (χ0n) is 8.39. The topological polar surface area (TPSA) is 70.4 Å². The summed E-state index contributed by atoms with van der Waals surface area (Å²) in [6.45, 7) is 1.91. The maximum atomic E-state index is 10.7. The molecule has 6 heteroatoms. The Morgan fingerprint density at radius 3 is 2.80 bits per heavy atom. The second-order valence-electron chi connectivity index (χ2n) is 2.98. The van der Waals surface area contributed by atoms with Crippen LogP contribution in [0, 0.1) is 6.92 Å². The van der Waals surface area contributed by atoms with E-state index in [0.29, 0.717) is 10.6 Å². The Bertz CT molecular complexity index is 338. The predicted molar refractivity (Wildman–Crippen MR) is 60.9 cm³/mol. The van der Waals surface area contributed by atoms with Crippen molar-refractivity contribution in [3.8, 4) is 0 Å². The van der Waals surface area contributed by atoms with E-state index in [-0.39, 0.29) is 6.61 Å². The van der Waals surface area contributed by atoms with E-state index in [4.69, 9.17) is 10.2 Å². The Morgan fingerprint density at radius 2 is 2.27 bits per heavy atom. The minimum absolute atomic E-state index is 0.206. The number of aromatic carboxylic acids is 1. The maximum absolute atomic E-state index is 10.7. The molecule has 0 aliphatic carbocycles. The fourth-order valence-electron chi connectivity index (χ4n) is 1.01. The summed E-state index contributed by atoms with van der Waals surface area (Å²) in [6, 6.07) is 0. The Labute approximate surface area is 96.4 Å². The van der Waals surface area contributed by atoms with Crippen molar-refractivity contribution in [1.82, 2.24) is 4.98 Å². The first kappa shape index (κ1) is 12.5. The summed E-state index contributed by atoms with van der Waals surface area (Å²) in [5.74, 6) is -0.0424. The summed E-state index contributed by atoms with van der Waals surface area (Å²) < 4.78 is 0.794. The average molecular weight is 247 g/mol. The molecule has 0 saturated carbocycles. The number of carbonyl (C=O) groups is 1. The molecule has 1 heterocycles. The Balaban J connectivity index is 2.48. The zero-order chi connectivity index (χ0) is 11.3.